The Hall–Kier alpha value is -1.26. The molecule has 2 saturated heterocycles. The Bertz CT molecular complexity index is 418. The van der Waals surface area contributed by atoms with Crippen molar-refractivity contribution in [2.45, 2.75) is 25.3 Å². The number of nitrogens with one attached hydrogen (secondary N) is 1. The molecule has 0 unspecified atom stereocenters. The van der Waals surface area contributed by atoms with Gasteiger partial charge in [-0.25, -0.2) is 0 Å². The molecule has 0 radical (unpaired) electrons. The van der Waals surface area contributed by atoms with Crippen LogP contribution in [0.4, 0.5) is 5.69 Å². The van der Waals surface area contributed by atoms with Gasteiger partial charge in [-0.2, -0.15) is 0 Å². The number of rotatable bonds is 3. The quantitative estimate of drug-likeness (QED) is 0.920. The lowest BCUT2D eigenvalue weighted by Crippen LogP contribution is -2.46. The number of hydrogen-bond acceptors (Lipinski definition) is 4. The molecule has 2 aliphatic rings. The van der Waals surface area contributed by atoms with E-state index in [9.17, 15) is 0 Å². The Morgan fingerprint density at radius 3 is 2.48 bits per heavy atom. The molecular formula is C17H27N3O. The summed E-state index contributed by atoms with van der Waals surface area (Å²) >= 11 is 0. The zero-order chi connectivity index (χ0) is 14.5. The van der Waals surface area contributed by atoms with Gasteiger partial charge >= 0.3 is 0 Å². The minimum atomic E-state index is 0.777. The minimum absolute atomic E-state index is 0.777. The fourth-order valence-electron chi connectivity index (χ4n) is 3.51. The third kappa shape index (κ3) is 3.69. The summed E-state index contributed by atoms with van der Waals surface area (Å²) in [6, 6.07) is 9.24. The van der Waals surface area contributed by atoms with Gasteiger partial charge in [-0.05, 0) is 56.6 Å². The lowest BCUT2D eigenvalue weighted by Gasteiger charge is -2.39. The van der Waals surface area contributed by atoms with Crippen molar-refractivity contribution in [3.8, 4) is 5.75 Å². The molecule has 0 bridgehead atoms. The third-order valence-corrected chi connectivity index (χ3v) is 4.79. The van der Waals surface area contributed by atoms with Crippen molar-refractivity contribution in [1.82, 2.24) is 10.2 Å². The highest BCUT2D eigenvalue weighted by molar-refractivity contribution is 5.49. The van der Waals surface area contributed by atoms with E-state index in [0.717, 1.165) is 18.3 Å². The molecule has 0 spiro atoms. The standard InChI is InChI=1S/C17H27N3O/c1-21-17-5-3-15(4-6-17)20-12-7-16(8-13-20)19-11-2-9-18-10-14-19/h3-6,16,18H,2,7-14H2,1H3. The second-order valence-corrected chi connectivity index (χ2v) is 6.06. The van der Waals surface area contributed by atoms with E-state index in [-0.39, 0.29) is 0 Å². The molecule has 0 amide bonds. The summed E-state index contributed by atoms with van der Waals surface area (Å²) in [4.78, 5) is 5.21. The molecule has 2 fully saturated rings. The molecule has 0 atom stereocenters. The van der Waals surface area contributed by atoms with Crippen LogP contribution < -0.4 is 15.0 Å². The van der Waals surface area contributed by atoms with E-state index in [4.69, 9.17) is 4.74 Å². The highest BCUT2D eigenvalue weighted by atomic mass is 16.5. The van der Waals surface area contributed by atoms with Crippen LogP contribution in [0.15, 0.2) is 24.3 Å². The molecule has 116 valence electrons. The third-order valence-electron chi connectivity index (χ3n) is 4.79. The van der Waals surface area contributed by atoms with Crippen molar-refractivity contribution in [3.05, 3.63) is 24.3 Å². The maximum atomic E-state index is 5.23. The van der Waals surface area contributed by atoms with Crippen LogP contribution in [0.1, 0.15) is 19.3 Å². The average molecular weight is 289 g/mol. The summed E-state index contributed by atoms with van der Waals surface area (Å²) in [6.45, 7) is 7.15. The van der Waals surface area contributed by atoms with Crippen LogP contribution in [0.3, 0.4) is 0 Å². The summed E-state index contributed by atoms with van der Waals surface area (Å²) < 4.78 is 5.23. The number of ether oxygens (including phenoxy) is 1. The molecule has 4 heteroatoms. The molecular weight excluding hydrogens is 262 g/mol. The van der Waals surface area contributed by atoms with Gasteiger partial charge in [-0.3, -0.25) is 4.90 Å². The second-order valence-electron chi connectivity index (χ2n) is 6.06. The molecule has 1 aromatic carbocycles. The molecule has 1 N–H and O–H groups in total. The first-order chi connectivity index (χ1) is 10.4. The number of benzene rings is 1. The normalized spacial score (nSPS) is 22.0. The van der Waals surface area contributed by atoms with E-state index in [1.807, 2.05) is 0 Å². The van der Waals surface area contributed by atoms with Crippen molar-refractivity contribution in [3.63, 3.8) is 0 Å². The second kappa shape index (κ2) is 7.14. The van der Waals surface area contributed by atoms with Crippen LogP contribution in [0.25, 0.3) is 0 Å². The van der Waals surface area contributed by atoms with E-state index in [1.54, 1.807) is 7.11 Å². The molecule has 1 aromatic rings. The van der Waals surface area contributed by atoms with Crippen molar-refractivity contribution in [2.75, 3.05) is 51.3 Å². The lowest BCUT2D eigenvalue weighted by atomic mass is 10.0. The SMILES string of the molecule is COc1ccc(N2CCC(N3CCCNCC3)CC2)cc1. The minimum Gasteiger partial charge on any atom is -0.497 e. The average Bonchev–Trinajstić information content (AvgIpc) is 2.84. The van der Waals surface area contributed by atoms with E-state index < -0.39 is 0 Å². The molecule has 21 heavy (non-hydrogen) atoms. The molecule has 4 nitrogen and oxygen atoms in total. The summed E-state index contributed by atoms with van der Waals surface area (Å²) in [6.07, 6.45) is 3.86. The molecule has 2 heterocycles. The maximum absolute atomic E-state index is 5.23. The molecule has 0 aromatic heterocycles. The summed E-state index contributed by atoms with van der Waals surface area (Å²) in [5.74, 6) is 0.936. The largest absolute Gasteiger partial charge is 0.497 e. The fourth-order valence-corrected chi connectivity index (χ4v) is 3.51. The van der Waals surface area contributed by atoms with Gasteiger partial charge in [0, 0.05) is 37.9 Å². The Kier molecular flexibility index (Phi) is 4.99. The highest BCUT2D eigenvalue weighted by Gasteiger charge is 2.25. The highest BCUT2D eigenvalue weighted by Crippen LogP contribution is 2.24. The van der Waals surface area contributed by atoms with Crippen LogP contribution in [0.5, 0.6) is 5.75 Å². The Labute approximate surface area is 128 Å². The van der Waals surface area contributed by atoms with Crippen molar-refractivity contribution in [1.29, 1.82) is 0 Å². The van der Waals surface area contributed by atoms with Crippen LogP contribution >= 0.6 is 0 Å². The van der Waals surface area contributed by atoms with E-state index in [1.165, 1.54) is 57.7 Å². The van der Waals surface area contributed by atoms with Gasteiger partial charge in [0.05, 0.1) is 7.11 Å². The van der Waals surface area contributed by atoms with Crippen molar-refractivity contribution < 1.29 is 4.74 Å². The number of methoxy groups -OCH3 is 1. The van der Waals surface area contributed by atoms with Gasteiger partial charge in [0.25, 0.3) is 0 Å². The predicted molar refractivity (Wildman–Crippen MR) is 87.3 cm³/mol. The maximum Gasteiger partial charge on any atom is 0.119 e. The van der Waals surface area contributed by atoms with Crippen LogP contribution in [-0.4, -0.2) is 57.3 Å². The smallest absolute Gasteiger partial charge is 0.119 e. The van der Waals surface area contributed by atoms with Crippen LogP contribution in [0, 0.1) is 0 Å². The zero-order valence-corrected chi connectivity index (χ0v) is 13.1. The first kappa shape index (κ1) is 14.7. The van der Waals surface area contributed by atoms with Gasteiger partial charge in [0.2, 0.25) is 0 Å². The number of piperidine rings is 1. The van der Waals surface area contributed by atoms with Gasteiger partial charge < -0.3 is 15.0 Å². The summed E-state index contributed by atoms with van der Waals surface area (Å²) in [7, 11) is 1.72. The van der Waals surface area contributed by atoms with Crippen LogP contribution in [0.2, 0.25) is 0 Å². The van der Waals surface area contributed by atoms with Gasteiger partial charge in [0.1, 0.15) is 5.75 Å². The monoisotopic (exact) mass is 289 g/mol. The van der Waals surface area contributed by atoms with Crippen molar-refractivity contribution in [2.24, 2.45) is 0 Å². The van der Waals surface area contributed by atoms with Gasteiger partial charge in [0.15, 0.2) is 0 Å². The summed E-state index contributed by atoms with van der Waals surface area (Å²) in [5, 5.41) is 3.50. The zero-order valence-electron chi connectivity index (χ0n) is 13.1. The number of hydrogen-bond donors (Lipinski definition) is 1. The molecule has 0 saturated carbocycles. The molecule has 0 aliphatic carbocycles. The first-order valence-electron chi connectivity index (χ1n) is 8.20. The van der Waals surface area contributed by atoms with E-state index in [2.05, 4.69) is 39.4 Å². The number of nitrogens with zero attached hydrogens (tertiary/aromatic N) is 2. The molecule has 2 aliphatic heterocycles. The Balaban J connectivity index is 1.54. The van der Waals surface area contributed by atoms with Gasteiger partial charge in [-0.1, -0.05) is 0 Å². The van der Waals surface area contributed by atoms with E-state index >= 15 is 0 Å². The predicted octanol–water partition coefficient (Wildman–Crippen LogP) is 1.96. The summed E-state index contributed by atoms with van der Waals surface area (Å²) in [5.41, 5.74) is 1.33. The Morgan fingerprint density at radius 2 is 1.76 bits per heavy atom. The fraction of sp³-hybridized carbons (Fsp3) is 0.647. The van der Waals surface area contributed by atoms with E-state index in [0.29, 0.717) is 0 Å². The Morgan fingerprint density at radius 1 is 1.00 bits per heavy atom. The molecule has 3 rings (SSSR count). The first-order valence-corrected chi connectivity index (χ1v) is 8.20. The number of anilines is 1. The topological polar surface area (TPSA) is 27.7 Å². The van der Waals surface area contributed by atoms with Gasteiger partial charge in [-0.15, -0.1) is 0 Å². The lowest BCUT2D eigenvalue weighted by molar-refractivity contribution is 0.180. The van der Waals surface area contributed by atoms with Crippen LogP contribution in [-0.2, 0) is 0 Å². The van der Waals surface area contributed by atoms with Crippen molar-refractivity contribution >= 4 is 5.69 Å².